The number of nitrogens with zero attached hydrogens (tertiary/aromatic N) is 2. The number of hydrogen-bond acceptors (Lipinski definition) is 5. The number of carboxylic acid groups (broad SMARTS) is 1. The summed E-state index contributed by atoms with van der Waals surface area (Å²) in [6.45, 7) is 2.07. The molecule has 0 fully saturated rings. The zero-order chi connectivity index (χ0) is 22.7. The maximum Gasteiger partial charge on any atom is 0.325 e. The van der Waals surface area contributed by atoms with Crippen LogP contribution >= 0.6 is 11.3 Å². The van der Waals surface area contributed by atoms with Crippen LogP contribution in [0, 0.1) is 0 Å². The molecule has 162 valence electrons. The number of carbonyl (C=O) groups excluding carboxylic acids is 1. The quantitative estimate of drug-likeness (QED) is 0.427. The van der Waals surface area contributed by atoms with Crippen LogP contribution in [-0.2, 0) is 11.3 Å². The number of carboxylic acids is 1. The van der Waals surface area contributed by atoms with Gasteiger partial charge >= 0.3 is 5.97 Å². The summed E-state index contributed by atoms with van der Waals surface area (Å²) in [5.74, 6) is -1.47. The molecule has 32 heavy (non-hydrogen) atoms. The van der Waals surface area contributed by atoms with Gasteiger partial charge < -0.3 is 15.3 Å². The van der Waals surface area contributed by atoms with Gasteiger partial charge in [-0.2, -0.15) is 0 Å². The lowest BCUT2D eigenvalue weighted by Crippen LogP contribution is -2.38. The van der Waals surface area contributed by atoms with Crippen molar-refractivity contribution in [2.75, 3.05) is 11.9 Å². The fourth-order valence-electron chi connectivity index (χ4n) is 3.37. The Hall–Kier alpha value is -3.71. The highest BCUT2D eigenvalue weighted by Crippen LogP contribution is 2.29. The molecule has 2 N–H and O–H groups in total. The number of aliphatic carboxylic acids is 1. The largest absolute Gasteiger partial charge is 0.480 e. The average molecular weight is 446 g/mol. The van der Waals surface area contributed by atoms with Crippen LogP contribution in [0.25, 0.3) is 22.0 Å². The van der Waals surface area contributed by atoms with Crippen LogP contribution in [0.5, 0.6) is 0 Å². The Morgan fingerprint density at radius 1 is 1.06 bits per heavy atom. The van der Waals surface area contributed by atoms with E-state index in [-0.39, 0.29) is 0 Å². The highest BCUT2D eigenvalue weighted by atomic mass is 32.1. The third-order valence-corrected chi connectivity index (χ3v) is 6.17. The Balaban J connectivity index is 1.43. The van der Waals surface area contributed by atoms with Gasteiger partial charge in [0.25, 0.3) is 5.91 Å². The van der Waals surface area contributed by atoms with Crippen LogP contribution in [0.15, 0.2) is 72.1 Å². The van der Waals surface area contributed by atoms with Crippen molar-refractivity contribution in [3.05, 3.63) is 83.2 Å². The number of carbonyl (C=O) groups is 2. The van der Waals surface area contributed by atoms with E-state index < -0.39 is 17.9 Å². The predicted octanol–water partition coefficient (Wildman–Crippen LogP) is 4.80. The molecule has 1 atom stereocenters. The fraction of sp³-hybridized carbons (Fsp3) is 0.160. The molecule has 4 aromatic rings. The van der Waals surface area contributed by atoms with Crippen LogP contribution in [0.3, 0.4) is 0 Å². The fourth-order valence-corrected chi connectivity index (χ4v) is 4.17. The molecule has 0 radical (unpaired) electrons. The first kappa shape index (κ1) is 21.5. The molecule has 1 heterocycles. The lowest BCUT2D eigenvalue weighted by atomic mass is 10.1. The summed E-state index contributed by atoms with van der Waals surface area (Å²) < 4.78 is 0. The highest BCUT2D eigenvalue weighted by Gasteiger charge is 2.15. The number of hydrogen-bond donors (Lipinski definition) is 2. The summed E-state index contributed by atoms with van der Waals surface area (Å²) in [7, 11) is 1.98. The van der Waals surface area contributed by atoms with Gasteiger partial charge in [0.1, 0.15) is 6.04 Å². The van der Waals surface area contributed by atoms with Crippen molar-refractivity contribution in [3.63, 3.8) is 0 Å². The molecule has 7 heteroatoms. The number of benzene rings is 3. The molecule has 0 aliphatic rings. The molecule has 4 rings (SSSR count). The summed E-state index contributed by atoms with van der Waals surface area (Å²) in [6.07, 6.45) is 0. The van der Waals surface area contributed by atoms with Crippen LogP contribution in [0.4, 0.5) is 5.13 Å². The van der Waals surface area contributed by atoms with Gasteiger partial charge in [0.15, 0.2) is 5.13 Å². The first-order valence-corrected chi connectivity index (χ1v) is 11.1. The molecular formula is C25H23N3O3S. The molecule has 1 amide bonds. The molecule has 0 aliphatic carbocycles. The molecule has 0 aliphatic heterocycles. The van der Waals surface area contributed by atoms with Crippen molar-refractivity contribution >= 4 is 39.1 Å². The van der Waals surface area contributed by atoms with E-state index in [0.717, 1.165) is 22.0 Å². The third kappa shape index (κ3) is 4.78. The topological polar surface area (TPSA) is 82.5 Å². The zero-order valence-corrected chi connectivity index (χ0v) is 18.6. The summed E-state index contributed by atoms with van der Waals surface area (Å²) in [5, 5.41) is 16.7. The number of rotatable bonds is 7. The number of nitrogens with one attached hydrogen (secondary N) is 1. The number of anilines is 1. The average Bonchev–Trinajstić information content (AvgIpc) is 3.29. The maximum absolute atomic E-state index is 12.1. The number of amides is 1. The Morgan fingerprint density at radius 3 is 2.50 bits per heavy atom. The molecule has 0 spiro atoms. The van der Waals surface area contributed by atoms with Crippen molar-refractivity contribution in [3.8, 4) is 11.3 Å². The normalized spacial score (nSPS) is 11.8. The van der Waals surface area contributed by atoms with E-state index in [4.69, 9.17) is 10.1 Å². The first-order valence-electron chi connectivity index (χ1n) is 10.2. The van der Waals surface area contributed by atoms with Gasteiger partial charge in [-0.1, -0.05) is 48.5 Å². The Morgan fingerprint density at radius 2 is 1.78 bits per heavy atom. The Kier molecular flexibility index (Phi) is 6.18. The summed E-state index contributed by atoms with van der Waals surface area (Å²) >= 11 is 1.59. The van der Waals surface area contributed by atoms with E-state index in [9.17, 15) is 9.59 Å². The Labute approximate surface area is 190 Å². The van der Waals surface area contributed by atoms with Crippen molar-refractivity contribution in [1.82, 2.24) is 10.3 Å². The van der Waals surface area contributed by atoms with Crippen molar-refractivity contribution in [2.45, 2.75) is 19.5 Å². The van der Waals surface area contributed by atoms with Gasteiger partial charge in [-0.25, -0.2) is 4.98 Å². The van der Waals surface area contributed by atoms with Gasteiger partial charge in [-0.3, -0.25) is 9.59 Å². The second kappa shape index (κ2) is 9.20. The SMILES string of the molecule is CC(NC(=O)c1ccc(CN(C)c2nc(-c3ccc4ccccc4c3)cs2)cc1)C(=O)O. The lowest BCUT2D eigenvalue weighted by Gasteiger charge is -2.16. The molecule has 1 aromatic heterocycles. The van der Waals surface area contributed by atoms with Gasteiger partial charge in [-0.05, 0) is 41.5 Å². The molecular weight excluding hydrogens is 422 g/mol. The highest BCUT2D eigenvalue weighted by molar-refractivity contribution is 7.14. The summed E-state index contributed by atoms with van der Waals surface area (Å²) in [4.78, 5) is 29.9. The van der Waals surface area contributed by atoms with Gasteiger partial charge in [0.2, 0.25) is 0 Å². The van der Waals surface area contributed by atoms with Crippen molar-refractivity contribution in [2.24, 2.45) is 0 Å². The first-order chi connectivity index (χ1) is 15.4. The predicted molar refractivity (Wildman–Crippen MR) is 128 cm³/mol. The van der Waals surface area contributed by atoms with Gasteiger partial charge in [0, 0.05) is 30.1 Å². The van der Waals surface area contributed by atoms with Crippen LogP contribution in [0.1, 0.15) is 22.8 Å². The Bertz CT molecular complexity index is 1270. The molecule has 0 saturated heterocycles. The molecule has 3 aromatic carbocycles. The molecule has 1 unspecified atom stereocenters. The van der Waals surface area contributed by atoms with E-state index in [1.807, 2.05) is 31.3 Å². The lowest BCUT2D eigenvalue weighted by molar-refractivity contribution is -0.138. The number of thiazole rings is 1. The van der Waals surface area contributed by atoms with Crippen LogP contribution in [-0.4, -0.2) is 35.1 Å². The van der Waals surface area contributed by atoms with E-state index >= 15 is 0 Å². The summed E-state index contributed by atoms with van der Waals surface area (Å²) in [6, 6.07) is 20.8. The van der Waals surface area contributed by atoms with Crippen molar-refractivity contribution in [1.29, 1.82) is 0 Å². The second-order valence-electron chi connectivity index (χ2n) is 7.66. The smallest absolute Gasteiger partial charge is 0.325 e. The molecule has 0 bridgehead atoms. The minimum absolute atomic E-state index is 0.403. The van der Waals surface area contributed by atoms with E-state index in [2.05, 4.69) is 45.9 Å². The zero-order valence-electron chi connectivity index (χ0n) is 17.8. The van der Waals surface area contributed by atoms with E-state index in [0.29, 0.717) is 12.1 Å². The van der Waals surface area contributed by atoms with Crippen LogP contribution in [0.2, 0.25) is 0 Å². The minimum atomic E-state index is -1.07. The van der Waals surface area contributed by atoms with Crippen LogP contribution < -0.4 is 10.2 Å². The maximum atomic E-state index is 12.1. The molecule has 6 nitrogen and oxygen atoms in total. The standard InChI is InChI=1S/C25H23N3O3S/c1-16(24(30)31)26-23(29)19-9-7-17(8-10-19)14-28(2)25-27-22(15-32-25)21-12-11-18-5-3-4-6-20(18)13-21/h3-13,15-16H,14H2,1-2H3,(H,26,29)(H,30,31). The second-order valence-corrected chi connectivity index (χ2v) is 8.50. The minimum Gasteiger partial charge on any atom is -0.480 e. The van der Waals surface area contributed by atoms with E-state index in [1.165, 1.54) is 17.7 Å². The number of aromatic nitrogens is 1. The molecule has 0 saturated carbocycles. The monoisotopic (exact) mass is 445 g/mol. The van der Waals surface area contributed by atoms with Crippen molar-refractivity contribution < 1.29 is 14.7 Å². The third-order valence-electron chi connectivity index (χ3n) is 5.22. The summed E-state index contributed by atoms with van der Waals surface area (Å²) in [5.41, 5.74) is 3.49. The number of fused-ring (bicyclic) bond motifs is 1. The van der Waals surface area contributed by atoms with Gasteiger partial charge in [-0.15, -0.1) is 11.3 Å². The van der Waals surface area contributed by atoms with E-state index in [1.54, 1.807) is 23.5 Å². The van der Waals surface area contributed by atoms with Gasteiger partial charge in [0.05, 0.1) is 5.69 Å².